The molecule has 0 aliphatic heterocycles. The second-order valence-electron chi connectivity index (χ2n) is 2.42. The molecule has 0 spiro atoms. The predicted molar refractivity (Wildman–Crippen MR) is 42.7 cm³/mol. The fourth-order valence-corrected chi connectivity index (χ4v) is 0.666. The fraction of sp³-hybridized carbons (Fsp3) is 0.750. The van der Waals surface area contributed by atoms with Crippen LogP contribution in [0.1, 0.15) is 32.6 Å². The van der Waals surface area contributed by atoms with Crippen LogP contribution in [-0.2, 0) is 14.3 Å². The Hall–Kier alpha value is -1.06. The van der Waals surface area contributed by atoms with Gasteiger partial charge in [-0.2, -0.15) is 0 Å². The number of rotatable bonds is 6. The van der Waals surface area contributed by atoms with Crippen molar-refractivity contribution in [2.24, 2.45) is 0 Å². The van der Waals surface area contributed by atoms with E-state index in [-0.39, 0.29) is 12.4 Å². The second kappa shape index (κ2) is 6.64. The monoisotopic (exact) mass is 174 g/mol. The fourth-order valence-electron chi connectivity index (χ4n) is 0.666. The Morgan fingerprint density at radius 2 is 2.00 bits per heavy atom. The molecule has 0 saturated heterocycles. The zero-order valence-electron chi connectivity index (χ0n) is 7.21. The summed E-state index contributed by atoms with van der Waals surface area (Å²) >= 11 is 0. The zero-order chi connectivity index (χ0) is 9.40. The lowest BCUT2D eigenvalue weighted by atomic mass is 10.2. The number of carbonyl (C=O) groups excluding carboxylic acids is 1. The maximum Gasteiger partial charge on any atom is 0.305 e. The van der Waals surface area contributed by atoms with Gasteiger partial charge in [0.2, 0.25) is 0 Å². The number of aliphatic carboxylic acids is 1. The van der Waals surface area contributed by atoms with Crippen molar-refractivity contribution in [2.75, 3.05) is 6.61 Å². The number of carboxylic acid groups (broad SMARTS) is 1. The topological polar surface area (TPSA) is 63.6 Å². The summed E-state index contributed by atoms with van der Waals surface area (Å²) in [5.74, 6) is -1.04. The van der Waals surface area contributed by atoms with Gasteiger partial charge in [-0.15, -0.1) is 0 Å². The van der Waals surface area contributed by atoms with Crippen molar-refractivity contribution in [1.29, 1.82) is 0 Å². The largest absolute Gasteiger partial charge is 0.481 e. The summed E-state index contributed by atoms with van der Waals surface area (Å²) in [5, 5.41) is 8.26. The summed E-state index contributed by atoms with van der Waals surface area (Å²) in [4.78, 5) is 20.6. The van der Waals surface area contributed by atoms with Crippen LogP contribution in [0.2, 0.25) is 0 Å². The summed E-state index contributed by atoms with van der Waals surface area (Å²) in [6.07, 6.45) is 1.70. The van der Waals surface area contributed by atoms with E-state index >= 15 is 0 Å². The van der Waals surface area contributed by atoms with Crippen LogP contribution < -0.4 is 0 Å². The molecule has 0 fully saturated rings. The summed E-state index contributed by atoms with van der Waals surface area (Å²) in [6, 6.07) is 0. The molecule has 0 aliphatic rings. The van der Waals surface area contributed by atoms with E-state index in [2.05, 4.69) is 0 Å². The van der Waals surface area contributed by atoms with E-state index in [1.807, 2.05) is 0 Å². The molecule has 0 radical (unpaired) electrons. The number of esters is 1. The summed E-state index contributed by atoms with van der Waals surface area (Å²) < 4.78 is 4.74. The summed E-state index contributed by atoms with van der Waals surface area (Å²) in [5.41, 5.74) is 0. The molecule has 0 atom stereocenters. The SMILES string of the molecule is CCC(=O)OCCCCC(=O)O. The second-order valence-corrected chi connectivity index (χ2v) is 2.42. The van der Waals surface area contributed by atoms with Gasteiger partial charge >= 0.3 is 11.9 Å². The molecular formula is C8H14O4. The molecule has 0 heterocycles. The molecular weight excluding hydrogens is 160 g/mol. The molecule has 70 valence electrons. The lowest BCUT2D eigenvalue weighted by Gasteiger charge is -2.00. The number of ether oxygens (including phenoxy) is 1. The Bertz CT molecular complexity index is 153. The van der Waals surface area contributed by atoms with Crippen molar-refractivity contribution in [2.45, 2.75) is 32.6 Å². The molecule has 0 aromatic carbocycles. The van der Waals surface area contributed by atoms with E-state index in [9.17, 15) is 9.59 Å². The van der Waals surface area contributed by atoms with Gasteiger partial charge in [-0.3, -0.25) is 9.59 Å². The maximum atomic E-state index is 10.6. The molecule has 0 aromatic heterocycles. The number of carbonyl (C=O) groups is 2. The summed E-state index contributed by atoms with van der Waals surface area (Å²) in [7, 11) is 0. The van der Waals surface area contributed by atoms with Crippen molar-refractivity contribution in [1.82, 2.24) is 0 Å². The van der Waals surface area contributed by atoms with Gasteiger partial charge in [-0.05, 0) is 12.8 Å². The minimum Gasteiger partial charge on any atom is -0.481 e. The molecule has 12 heavy (non-hydrogen) atoms. The number of carboxylic acids is 1. The van der Waals surface area contributed by atoms with Crippen LogP contribution in [0.3, 0.4) is 0 Å². The minimum absolute atomic E-state index is 0.143. The van der Waals surface area contributed by atoms with Crippen molar-refractivity contribution in [3.8, 4) is 0 Å². The first kappa shape index (κ1) is 10.9. The normalized spacial score (nSPS) is 9.42. The van der Waals surface area contributed by atoms with Crippen molar-refractivity contribution in [3.05, 3.63) is 0 Å². The first-order valence-corrected chi connectivity index (χ1v) is 4.04. The van der Waals surface area contributed by atoms with Gasteiger partial charge in [0.25, 0.3) is 0 Å². The molecule has 0 saturated carbocycles. The molecule has 0 bridgehead atoms. The third-order valence-electron chi connectivity index (χ3n) is 1.34. The third kappa shape index (κ3) is 7.05. The van der Waals surface area contributed by atoms with E-state index in [1.54, 1.807) is 6.92 Å². The Kier molecular flexibility index (Phi) is 6.05. The predicted octanol–water partition coefficient (Wildman–Crippen LogP) is 1.19. The molecule has 0 aliphatic carbocycles. The minimum atomic E-state index is -0.809. The van der Waals surface area contributed by atoms with Gasteiger partial charge in [0.15, 0.2) is 0 Å². The molecule has 0 amide bonds. The van der Waals surface area contributed by atoms with Crippen LogP contribution in [0.25, 0.3) is 0 Å². The Morgan fingerprint density at radius 1 is 1.33 bits per heavy atom. The van der Waals surface area contributed by atoms with E-state index in [4.69, 9.17) is 9.84 Å². The van der Waals surface area contributed by atoms with Gasteiger partial charge in [0.05, 0.1) is 6.61 Å². The first-order chi connectivity index (χ1) is 5.66. The van der Waals surface area contributed by atoms with Crippen molar-refractivity contribution >= 4 is 11.9 Å². The van der Waals surface area contributed by atoms with Crippen LogP contribution in [-0.4, -0.2) is 23.7 Å². The quantitative estimate of drug-likeness (QED) is 0.485. The highest BCUT2D eigenvalue weighted by Gasteiger charge is 1.99. The first-order valence-electron chi connectivity index (χ1n) is 4.04. The zero-order valence-corrected chi connectivity index (χ0v) is 7.21. The van der Waals surface area contributed by atoms with Crippen LogP contribution in [0.4, 0.5) is 0 Å². The van der Waals surface area contributed by atoms with Crippen LogP contribution in [0.15, 0.2) is 0 Å². The Balaban J connectivity index is 3.11. The highest BCUT2D eigenvalue weighted by atomic mass is 16.5. The van der Waals surface area contributed by atoms with E-state index in [0.717, 1.165) is 0 Å². The average Bonchev–Trinajstić information content (AvgIpc) is 2.03. The maximum absolute atomic E-state index is 10.6. The summed E-state index contributed by atoms with van der Waals surface area (Å²) in [6.45, 7) is 2.06. The number of hydrogen-bond acceptors (Lipinski definition) is 3. The van der Waals surface area contributed by atoms with Crippen molar-refractivity contribution < 1.29 is 19.4 Å². The Labute approximate surface area is 71.5 Å². The highest BCUT2D eigenvalue weighted by Crippen LogP contribution is 1.96. The van der Waals surface area contributed by atoms with E-state index in [1.165, 1.54) is 0 Å². The van der Waals surface area contributed by atoms with Crippen molar-refractivity contribution in [3.63, 3.8) is 0 Å². The van der Waals surface area contributed by atoms with Gasteiger partial charge < -0.3 is 9.84 Å². The van der Waals surface area contributed by atoms with Crippen LogP contribution in [0, 0.1) is 0 Å². The third-order valence-corrected chi connectivity index (χ3v) is 1.34. The van der Waals surface area contributed by atoms with Gasteiger partial charge in [0, 0.05) is 12.8 Å². The highest BCUT2D eigenvalue weighted by molar-refractivity contribution is 5.68. The van der Waals surface area contributed by atoms with E-state index in [0.29, 0.717) is 25.9 Å². The Morgan fingerprint density at radius 3 is 2.50 bits per heavy atom. The molecule has 4 nitrogen and oxygen atoms in total. The van der Waals surface area contributed by atoms with Gasteiger partial charge in [0.1, 0.15) is 0 Å². The van der Waals surface area contributed by atoms with E-state index < -0.39 is 5.97 Å². The van der Waals surface area contributed by atoms with Crippen LogP contribution >= 0.6 is 0 Å². The molecule has 0 unspecified atom stereocenters. The molecule has 0 rings (SSSR count). The number of hydrogen-bond donors (Lipinski definition) is 1. The molecule has 0 aromatic rings. The lowest BCUT2D eigenvalue weighted by molar-refractivity contribution is -0.143. The average molecular weight is 174 g/mol. The van der Waals surface area contributed by atoms with Gasteiger partial charge in [-0.25, -0.2) is 0 Å². The smallest absolute Gasteiger partial charge is 0.305 e. The van der Waals surface area contributed by atoms with Crippen LogP contribution in [0.5, 0.6) is 0 Å². The van der Waals surface area contributed by atoms with Gasteiger partial charge in [-0.1, -0.05) is 6.92 Å². The number of unbranched alkanes of at least 4 members (excludes halogenated alkanes) is 1. The molecule has 1 N–H and O–H groups in total. The molecule has 4 heteroatoms. The lowest BCUT2D eigenvalue weighted by Crippen LogP contribution is -2.04. The standard InChI is InChI=1S/C8H14O4/c1-2-8(11)12-6-4-3-5-7(9)10/h2-6H2,1H3,(H,9,10).